The first-order valence-corrected chi connectivity index (χ1v) is 4.50. The number of ether oxygens (including phenoxy) is 1. The molecular weight excluding hydrogens is 245 g/mol. The molecule has 0 radical (unpaired) electrons. The van der Waals surface area contributed by atoms with Gasteiger partial charge < -0.3 is 4.74 Å². The van der Waals surface area contributed by atoms with Crippen molar-refractivity contribution in [3.8, 4) is 5.75 Å². The van der Waals surface area contributed by atoms with E-state index in [4.69, 9.17) is 11.6 Å². The summed E-state index contributed by atoms with van der Waals surface area (Å²) in [7, 11) is 0. The van der Waals surface area contributed by atoms with E-state index in [0.29, 0.717) is 0 Å². The van der Waals surface area contributed by atoms with Crippen molar-refractivity contribution in [2.75, 3.05) is 0 Å². The molecule has 0 amide bonds. The number of fused-ring (bicyclic) bond motifs is 1. The van der Waals surface area contributed by atoms with Gasteiger partial charge in [0.1, 0.15) is 10.7 Å². The van der Waals surface area contributed by atoms with Gasteiger partial charge in [-0.15, -0.1) is 13.2 Å². The lowest BCUT2D eigenvalue weighted by Crippen LogP contribution is -2.17. The Balaban J connectivity index is 2.54. The lowest BCUT2D eigenvalue weighted by Gasteiger charge is -2.09. The minimum Gasteiger partial charge on any atom is -0.403 e. The molecule has 0 bridgehead atoms. The molecule has 2 aromatic rings. The van der Waals surface area contributed by atoms with Crippen LogP contribution in [-0.2, 0) is 0 Å². The number of hydrogen-bond acceptors (Lipinski definition) is 3. The zero-order valence-electron chi connectivity index (χ0n) is 7.62. The summed E-state index contributed by atoms with van der Waals surface area (Å²) in [5, 5.41) is 0.108. The van der Waals surface area contributed by atoms with E-state index in [2.05, 4.69) is 14.7 Å². The van der Waals surface area contributed by atoms with Crippen LogP contribution < -0.4 is 4.74 Å². The lowest BCUT2D eigenvalue weighted by atomic mass is 10.3. The van der Waals surface area contributed by atoms with Gasteiger partial charge in [-0.2, -0.15) is 0 Å². The molecule has 0 aliphatic carbocycles. The van der Waals surface area contributed by atoms with E-state index in [9.17, 15) is 13.2 Å². The van der Waals surface area contributed by atoms with Crippen LogP contribution in [0.25, 0.3) is 11.0 Å². The number of hydrogen-bond donors (Lipinski definition) is 0. The molecule has 1 heterocycles. The second kappa shape index (κ2) is 3.79. The highest BCUT2D eigenvalue weighted by Gasteiger charge is 2.32. The zero-order chi connectivity index (χ0) is 11.8. The second-order valence-electron chi connectivity index (χ2n) is 2.86. The van der Waals surface area contributed by atoms with Crippen LogP contribution in [0.1, 0.15) is 0 Å². The predicted octanol–water partition coefficient (Wildman–Crippen LogP) is 3.18. The highest BCUT2D eigenvalue weighted by Crippen LogP contribution is 2.28. The van der Waals surface area contributed by atoms with Gasteiger partial charge >= 0.3 is 6.36 Å². The molecule has 0 aliphatic heterocycles. The van der Waals surface area contributed by atoms with Crippen LogP contribution in [0.3, 0.4) is 0 Å². The van der Waals surface area contributed by atoms with Crippen molar-refractivity contribution in [1.82, 2.24) is 9.97 Å². The largest absolute Gasteiger partial charge is 0.573 e. The first kappa shape index (κ1) is 10.9. The molecular formula is C9H4ClF3N2O. The number of benzene rings is 1. The molecule has 0 unspecified atom stereocenters. The van der Waals surface area contributed by atoms with Crippen LogP contribution in [0.15, 0.2) is 24.4 Å². The van der Waals surface area contributed by atoms with Gasteiger partial charge in [-0.3, -0.25) is 0 Å². The van der Waals surface area contributed by atoms with E-state index in [1.54, 1.807) is 0 Å². The number of nitrogens with zero attached hydrogens (tertiary/aromatic N) is 2. The molecule has 3 nitrogen and oxygen atoms in total. The van der Waals surface area contributed by atoms with Crippen LogP contribution in [-0.4, -0.2) is 16.3 Å². The summed E-state index contributed by atoms with van der Waals surface area (Å²) in [5.74, 6) is -0.394. The van der Waals surface area contributed by atoms with E-state index >= 15 is 0 Å². The van der Waals surface area contributed by atoms with Gasteiger partial charge in [-0.25, -0.2) is 9.97 Å². The molecule has 0 N–H and O–H groups in total. The molecule has 0 fully saturated rings. The van der Waals surface area contributed by atoms with E-state index < -0.39 is 12.1 Å². The molecule has 0 saturated carbocycles. The molecule has 1 aromatic carbocycles. The van der Waals surface area contributed by atoms with Crippen LogP contribution >= 0.6 is 11.6 Å². The zero-order valence-corrected chi connectivity index (χ0v) is 8.38. The minimum absolute atomic E-state index is 0.0178. The van der Waals surface area contributed by atoms with Crippen molar-refractivity contribution in [2.24, 2.45) is 0 Å². The fourth-order valence-electron chi connectivity index (χ4n) is 1.20. The Kier molecular flexibility index (Phi) is 2.59. The van der Waals surface area contributed by atoms with E-state index in [1.165, 1.54) is 18.2 Å². The van der Waals surface area contributed by atoms with Crippen molar-refractivity contribution < 1.29 is 17.9 Å². The number of alkyl halides is 3. The van der Waals surface area contributed by atoms with Gasteiger partial charge in [0.15, 0.2) is 5.75 Å². The number of aromatic nitrogens is 2. The SMILES string of the molecule is FC(F)(F)Oc1cccc2nc(Cl)cnc12. The predicted molar refractivity (Wildman–Crippen MR) is 51.2 cm³/mol. The normalized spacial score (nSPS) is 11.8. The number of para-hydroxylation sites is 1. The molecule has 16 heavy (non-hydrogen) atoms. The average molecular weight is 249 g/mol. The Hall–Kier alpha value is -1.56. The summed E-state index contributed by atoms with van der Waals surface area (Å²) < 4.78 is 40.0. The second-order valence-corrected chi connectivity index (χ2v) is 3.25. The van der Waals surface area contributed by atoms with Gasteiger partial charge in [0.25, 0.3) is 0 Å². The third kappa shape index (κ3) is 2.33. The molecule has 84 valence electrons. The van der Waals surface area contributed by atoms with Crippen LogP contribution in [0.4, 0.5) is 13.2 Å². The molecule has 0 atom stereocenters. The van der Waals surface area contributed by atoms with Gasteiger partial charge in [-0.05, 0) is 12.1 Å². The number of halogens is 4. The van der Waals surface area contributed by atoms with Crippen LogP contribution in [0, 0.1) is 0 Å². The lowest BCUT2D eigenvalue weighted by molar-refractivity contribution is -0.274. The summed E-state index contributed by atoms with van der Waals surface area (Å²) in [5.41, 5.74) is 0.262. The summed E-state index contributed by atoms with van der Waals surface area (Å²) in [6.45, 7) is 0. The Morgan fingerprint density at radius 1 is 1.25 bits per heavy atom. The van der Waals surface area contributed by atoms with Gasteiger partial charge in [0.2, 0.25) is 0 Å². The van der Waals surface area contributed by atoms with Crippen molar-refractivity contribution in [3.63, 3.8) is 0 Å². The summed E-state index contributed by atoms with van der Waals surface area (Å²) >= 11 is 5.57. The first-order chi connectivity index (χ1) is 7.46. The topological polar surface area (TPSA) is 35.0 Å². The molecule has 0 aliphatic rings. The van der Waals surface area contributed by atoms with Crippen molar-refractivity contribution in [2.45, 2.75) is 6.36 Å². The fraction of sp³-hybridized carbons (Fsp3) is 0.111. The minimum atomic E-state index is -4.75. The smallest absolute Gasteiger partial charge is 0.403 e. The Labute approximate surface area is 92.8 Å². The monoisotopic (exact) mass is 248 g/mol. The number of rotatable bonds is 1. The van der Waals surface area contributed by atoms with E-state index in [-0.39, 0.29) is 16.2 Å². The fourth-order valence-corrected chi connectivity index (χ4v) is 1.34. The van der Waals surface area contributed by atoms with E-state index in [0.717, 1.165) is 6.20 Å². The molecule has 0 spiro atoms. The average Bonchev–Trinajstić information content (AvgIpc) is 2.15. The summed E-state index contributed by atoms with van der Waals surface area (Å²) in [6, 6.07) is 4.05. The Morgan fingerprint density at radius 2 is 2.00 bits per heavy atom. The molecule has 1 aromatic heterocycles. The third-order valence-corrected chi connectivity index (χ3v) is 1.91. The Bertz CT molecular complexity index is 530. The van der Waals surface area contributed by atoms with Gasteiger partial charge in [-0.1, -0.05) is 17.7 Å². The summed E-state index contributed by atoms with van der Waals surface area (Å²) in [6.07, 6.45) is -3.59. The molecule has 0 saturated heterocycles. The maximum atomic E-state index is 12.1. The highest BCUT2D eigenvalue weighted by molar-refractivity contribution is 6.29. The van der Waals surface area contributed by atoms with Crippen molar-refractivity contribution >= 4 is 22.6 Å². The van der Waals surface area contributed by atoms with Crippen LogP contribution in [0.2, 0.25) is 5.15 Å². The maximum Gasteiger partial charge on any atom is 0.573 e. The summed E-state index contributed by atoms with van der Waals surface area (Å²) in [4.78, 5) is 7.57. The van der Waals surface area contributed by atoms with Gasteiger partial charge in [0, 0.05) is 0 Å². The maximum absolute atomic E-state index is 12.1. The standard InChI is InChI=1S/C9H4ClF3N2O/c10-7-4-14-8-5(15-7)2-1-3-6(8)16-9(11,12)13/h1-4H. The first-order valence-electron chi connectivity index (χ1n) is 4.13. The molecule has 7 heteroatoms. The van der Waals surface area contributed by atoms with Crippen LogP contribution in [0.5, 0.6) is 5.75 Å². The third-order valence-electron chi connectivity index (χ3n) is 1.73. The molecule has 2 rings (SSSR count). The van der Waals surface area contributed by atoms with Crippen molar-refractivity contribution in [3.05, 3.63) is 29.5 Å². The quantitative estimate of drug-likeness (QED) is 0.777. The van der Waals surface area contributed by atoms with Crippen molar-refractivity contribution in [1.29, 1.82) is 0 Å². The Morgan fingerprint density at radius 3 is 2.69 bits per heavy atom. The van der Waals surface area contributed by atoms with Gasteiger partial charge in [0.05, 0.1) is 11.7 Å². The van der Waals surface area contributed by atoms with E-state index in [1.807, 2.05) is 0 Å². The highest BCUT2D eigenvalue weighted by atomic mass is 35.5.